The van der Waals surface area contributed by atoms with Crippen LogP contribution in [0.3, 0.4) is 0 Å². The minimum atomic E-state index is -4.79. The lowest BCUT2D eigenvalue weighted by Gasteiger charge is -2.28. The Bertz CT molecular complexity index is 1230. The summed E-state index contributed by atoms with van der Waals surface area (Å²) in [6.45, 7) is 0.234. The SMILES string of the molecule is O=C(NCc1ccc(C2=CC(c3cc(Cl)cc(Cl)c3)(C(F)(F)F)ON2)cc1)c1ccc(Cl)cc1. The maximum Gasteiger partial charge on any atom is 0.428 e. The first-order chi connectivity index (χ1) is 16.1. The van der Waals surface area contributed by atoms with Crippen molar-refractivity contribution in [3.8, 4) is 0 Å². The molecule has 0 radical (unpaired) electrons. The van der Waals surface area contributed by atoms with E-state index in [4.69, 9.17) is 39.6 Å². The van der Waals surface area contributed by atoms with E-state index >= 15 is 0 Å². The Hall–Kier alpha value is -2.71. The first kappa shape index (κ1) is 24.4. The highest BCUT2D eigenvalue weighted by molar-refractivity contribution is 6.34. The number of hydrogen-bond acceptors (Lipinski definition) is 3. The third kappa shape index (κ3) is 5.03. The second-order valence-electron chi connectivity index (χ2n) is 7.54. The van der Waals surface area contributed by atoms with Gasteiger partial charge in [0.05, 0.1) is 5.70 Å². The van der Waals surface area contributed by atoms with Gasteiger partial charge in [-0.15, -0.1) is 0 Å². The predicted octanol–water partition coefficient (Wildman–Crippen LogP) is 6.91. The maximum atomic E-state index is 14.1. The van der Waals surface area contributed by atoms with Crippen LogP contribution in [0.25, 0.3) is 5.70 Å². The van der Waals surface area contributed by atoms with E-state index in [9.17, 15) is 18.0 Å². The average Bonchev–Trinajstić information content (AvgIpc) is 3.25. The summed E-state index contributed by atoms with van der Waals surface area (Å²) < 4.78 is 42.3. The van der Waals surface area contributed by atoms with Gasteiger partial charge in [0.15, 0.2) is 0 Å². The van der Waals surface area contributed by atoms with E-state index in [1.54, 1.807) is 48.5 Å². The van der Waals surface area contributed by atoms with Gasteiger partial charge in [-0.2, -0.15) is 13.2 Å². The van der Waals surface area contributed by atoms with Crippen LogP contribution in [0, 0.1) is 0 Å². The van der Waals surface area contributed by atoms with Gasteiger partial charge in [0.1, 0.15) is 0 Å². The van der Waals surface area contributed by atoms with Crippen molar-refractivity contribution in [1.29, 1.82) is 0 Å². The molecular weight excluding hydrogens is 512 g/mol. The number of nitrogens with one attached hydrogen (secondary N) is 2. The van der Waals surface area contributed by atoms with Crippen LogP contribution in [-0.4, -0.2) is 12.1 Å². The van der Waals surface area contributed by atoms with Crippen molar-refractivity contribution >= 4 is 46.4 Å². The van der Waals surface area contributed by atoms with Gasteiger partial charge in [-0.1, -0.05) is 59.1 Å². The molecule has 3 aromatic carbocycles. The second-order valence-corrected chi connectivity index (χ2v) is 8.85. The van der Waals surface area contributed by atoms with E-state index < -0.39 is 11.8 Å². The summed E-state index contributed by atoms with van der Waals surface area (Å²) in [5, 5.41) is 3.42. The van der Waals surface area contributed by atoms with Crippen molar-refractivity contribution in [3.63, 3.8) is 0 Å². The van der Waals surface area contributed by atoms with Crippen LogP contribution in [0.15, 0.2) is 72.8 Å². The van der Waals surface area contributed by atoms with Gasteiger partial charge in [0.25, 0.3) is 5.91 Å². The zero-order chi connectivity index (χ0) is 24.5. The van der Waals surface area contributed by atoms with Crippen molar-refractivity contribution in [2.45, 2.75) is 18.3 Å². The molecule has 1 heterocycles. The largest absolute Gasteiger partial charge is 0.428 e. The molecule has 1 atom stereocenters. The minimum absolute atomic E-state index is 0.0570. The van der Waals surface area contributed by atoms with Gasteiger partial charge in [-0.05, 0) is 59.7 Å². The molecule has 4 nitrogen and oxygen atoms in total. The molecule has 0 fully saturated rings. The average molecular weight is 528 g/mol. The third-order valence-electron chi connectivity index (χ3n) is 5.21. The molecule has 0 spiro atoms. The van der Waals surface area contributed by atoms with Gasteiger partial charge >= 0.3 is 6.18 Å². The van der Waals surface area contributed by atoms with Gasteiger partial charge in [-0.3, -0.25) is 15.1 Å². The summed E-state index contributed by atoms with van der Waals surface area (Å²) in [4.78, 5) is 17.3. The van der Waals surface area contributed by atoms with Gasteiger partial charge < -0.3 is 5.32 Å². The summed E-state index contributed by atoms with van der Waals surface area (Å²) in [6, 6.07) is 16.8. The summed E-state index contributed by atoms with van der Waals surface area (Å²) >= 11 is 17.7. The molecule has 2 N–H and O–H groups in total. The van der Waals surface area contributed by atoms with E-state index in [0.717, 1.165) is 23.8 Å². The highest BCUT2D eigenvalue weighted by atomic mass is 35.5. The van der Waals surface area contributed by atoms with Crippen molar-refractivity contribution in [1.82, 2.24) is 10.8 Å². The standard InChI is InChI=1S/C24H16Cl3F3N2O2/c25-18-7-5-16(6-8-18)22(33)31-13-14-1-3-15(4-2-14)21-12-23(34-32-21,24(28,29)30)17-9-19(26)11-20(27)10-17/h1-12,32H,13H2,(H,31,33). The lowest BCUT2D eigenvalue weighted by atomic mass is 9.91. The highest BCUT2D eigenvalue weighted by Gasteiger charge is 2.59. The van der Waals surface area contributed by atoms with Crippen molar-refractivity contribution in [3.05, 3.63) is 110 Å². The Balaban J connectivity index is 1.53. The normalized spacial score (nSPS) is 17.8. The summed E-state index contributed by atoms with van der Waals surface area (Å²) in [7, 11) is 0. The number of alkyl halides is 3. The Morgan fingerprint density at radius 1 is 0.912 bits per heavy atom. The Kier molecular flexibility index (Phi) is 6.82. The Morgan fingerprint density at radius 2 is 1.53 bits per heavy atom. The van der Waals surface area contributed by atoms with E-state index in [1.807, 2.05) is 0 Å². The van der Waals surface area contributed by atoms with Crippen LogP contribution in [0.2, 0.25) is 15.1 Å². The molecule has 0 saturated heterocycles. The number of halogens is 6. The lowest BCUT2D eigenvalue weighted by molar-refractivity contribution is -0.269. The molecule has 1 amide bonds. The fraction of sp³-hybridized carbons (Fsp3) is 0.125. The van der Waals surface area contributed by atoms with Crippen LogP contribution in [0.1, 0.15) is 27.0 Å². The molecule has 0 aliphatic carbocycles. The molecule has 1 unspecified atom stereocenters. The van der Waals surface area contributed by atoms with E-state index in [1.165, 1.54) is 6.07 Å². The topological polar surface area (TPSA) is 50.4 Å². The number of hydrogen-bond donors (Lipinski definition) is 2. The summed E-state index contributed by atoms with van der Waals surface area (Å²) in [6.07, 6.45) is -3.84. The van der Waals surface area contributed by atoms with Crippen LogP contribution >= 0.6 is 34.8 Å². The highest BCUT2D eigenvalue weighted by Crippen LogP contribution is 2.48. The third-order valence-corrected chi connectivity index (χ3v) is 5.89. The molecule has 34 heavy (non-hydrogen) atoms. The smallest absolute Gasteiger partial charge is 0.348 e. The van der Waals surface area contributed by atoms with Gasteiger partial charge in [0.2, 0.25) is 5.60 Å². The quantitative estimate of drug-likeness (QED) is 0.379. The zero-order valence-corrected chi connectivity index (χ0v) is 19.5. The minimum Gasteiger partial charge on any atom is -0.348 e. The monoisotopic (exact) mass is 526 g/mol. The maximum absolute atomic E-state index is 14.1. The number of carbonyl (C=O) groups is 1. The molecule has 0 bridgehead atoms. The zero-order valence-electron chi connectivity index (χ0n) is 17.2. The number of hydroxylamine groups is 1. The Morgan fingerprint density at radius 3 is 2.12 bits per heavy atom. The van der Waals surface area contributed by atoms with Gasteiger partial charge in [-0.25, -0.2) is 0 Å². The number of benzene rings is 3. The number of carbonyl (C=O) groups excluding carboxylic acids is 1. The second kappa shape index (κ2) is 9.50. The van der Waals surface area contributed by atoms with Crippen molar-refractivity contribution in [2.24, 2.45) is 0 Å². The summed E-state index contributed by atoms with van der Waals surface area (Å²) in [5.41, 5.74) is 1.18. The number of rotatable bonds is 5. The first-order valence-electron chi connectivity index (χ1n) is 9.91. The molecule has 0 aromatic heterocycles. The predicted molar refractivity (Wildman–Crippen MR) is 125 cm³/mol. The molecule has 3 aromatic rings. The Labute approximate surface area is 208 Å². The fourth-order valence-electron chi connectivity index (χ4n) is 3.44. The van der Waals surface area contributed by atoms with Crippen LogP contribution in [0.5, 0.6) is 0 Å². The molecular formula is C24H16Cl3F3N2O2. The van der Waals surface area contributed by atoms with E-state index in [2.05, 4.69) is 10.8 Å². The lowest BCUT2D eigenvalue weighted by Crippen LogP contribution is -2.42. The fourth-order valence-corrected chi connectivity index (χ4v) is 4.09. The first-order valence-corrected chi connectivity index (χ1v) is 11.0. The van der Waals surface area contributed by atoms with Crippen LogP contribution < -0.4 is 10.8 Å². The molecule has 176 valence electrons. The van der Waals surface area contributed by atoms with E-state index in [-0.39, 0.29) is 33.8 Å². The molecule has 0 saturated carbocycles. The van der Waals surface area contributed by atoms with Crippen LogP contribution in [0.4, 0.5) is 13.2 Å². The molecule has 4 rings (SSSR count). The molecule has 10 heteroatoms. The summed E-state index contributed by atoms with van der Waals surface area (Å²) in [5.74, 6) is -0.274. The molecule has 1 aliphatic heterocycles. The van der Waals surface area contributed by atoms with Crippen molar-refractivity contribution < 1.29 is 22.8 Å². The van der Waals surface area contributed by atoms with Gasteiger partial charge in [0, 0.05) is 32.7 Å². The van der Waals surface area contributed by atoms with E-state index in [0.29, 0.717) is 16.1 Å². The molecule has 1 aliphatic rings. The number of amides is 1. The van der Waals surface area contributed by atoms with Crippen molar-refractivity contribution in [2.75, 3.05) is 0 Å². The van der Waals surface area contributed by atoms with Crippen LogP contribution in [-0.2, 0) is 17.0 Å².